The molecule has 0 aromatic heterocycles. The predicted octanol–water partition coefficient (Wildman–Crippen LogP) is -0.816. The van der Waals surface area contributed by atoms with Gasteiger partial charge in [0.05, 0.1) is 18.8 Å². The lowest BCUT2D eigenvalue weighted by Gasteiger charge is -2.37. The van der Waals surface area contributed by atoms with E-state index in [9.17, 15) is 4.79 Å². The maximum atomic E-state index is 11.3. The second-order valence-corrected chi connectivity index (χ2v) is 4.81. The molecule has 0 aliphatic carbocycles. The largest absolute Gasteiger partial charge is 0.371 e. The molecule has 5 heteroatoms. The number of morpholine rings is 1. The van der Waals surface area contributed by atoms with E-state index in [1.165, 1.54) is 0 Å². The molecule has 2 aliphatic rings. The van der Waals surface area contributed by atoms with Crippen molar-refractivity contribution in [3.05, 3.63) is 0 Å². The number of piperazine rings is 1. The van der Waals surface area contributed by atoms with Gasteiger partial charge in [0.25, 0.3) is 0 Å². The Morgan fingerprint density at radius 1 is 1.38 bits per heavy atom. The van der Waals surface area contributed by atoms with Crippen LogP contribution in [0.25, 0.3) is 0 Å². The number of hydrogen-bond acceptors (Lipinski definition) is 4. The van der Waals surface area contributed by atoms with E-state index < -0.39 is 0 Å². The Balaban J connectivity index is 1.85. The fourth-order valence-electron chi connectivity index (χ4n) is 2.27. The molecule has 2 aliphatic heterocycles. The maximum Gasteiger partial charge on any atom is 0.234 e. The molecule has 2 fully saturated rings. The minimum absolute atomic E-state index is 0.120. The third-order valence-electron chi connectivity index (χ3n) is 3.23. The molecule has 0 spiro atoms. The summed E-state index contributed by atoms with van der Waals surface area (Å²) < 4.78 is 5.84. The third-order valence-corrected chi connectivity index (χ3v) is 3.23. The predicted molar refractivity (Wildman–Crippen MR) is 61.2 cm³/mol. The van der Waals surface area contributed by atoms with Crippen LogP contribution in [0.3, 0.4) is 0 Å². The molecule has 0 aromatic carbocycles. The van der Waals surface area contributed by atoms with Gasteiger partial charge in [-0.05, 0) is 13.8 Å². The average molecular weight is 227 g/mol. The second kappa shape index (κ2) is 5.12. The maximum absolute atomic E-state index is 11.3. The first kappa shape index (κ1) is 11.8. The molecule has 0 bridgehead atoms. The molecule has 16 heavy (non-hydrogen) atoms. The van der Waals surface area contributed by atoms with Crippen molar-refractivity contribution in [1.29, 1.82) is 0 Å². The topological polar surface area (TPSA) is 53.6 Å². The molecule has 2 heterocycles. The van der Waals surface area contributed by atoms with Crippen LogP contribution in [0.2, 0.25) is 0 Å². The number of carbonyl (C=O) groups excluding carboxylic acids is 1. The van der Waals surface area contributed by atoms with Crippen LogP contribution in [-0.4, -0.2) is 61.8 Å². The van der Waals surface area contributed by atoms with Crippen LogP contribution in [0, 0.1) is 0 Å². The lowest BCUT2D eigenvalue weighted by Crippen LogP contribution is -2.57. The summed E-state index contributed by atoms with van der Waals surface area (Å²) in [4.78, 5) is 13.5. The average Bonchev–Trinajstić information content (AvgIpc) is 2.24. The summed E-state index contributed by atoms with van der Waals surface area (Å²) in [7, 11) is 0. The van der Waals surface area contributed by atoms with Gasteiger partial charge in [0.1, 0.15) is 0 Å². The smallest absolute Gasteiger partial charge is 0.234 e. The molecule has 2 N–H and O–H groups in total. The zero-order chi connectivity index (χ0) is 11.5. The molecule has 2 rings (SSSR count). The molecule has 1 amide bonds. The molecule has 2 saturated heterocycles. The number of carbonyl (C=O) groups is 1. The van der Waals surface area contributed by atoms with Gasteiger partial charge in [-0.2, -0.15) is 0 Å². The minimum Gasteiger partial charge on any atom is -0.371 e. The third kappa shape index (κ3) is 2.93. The van der Waals surface area contributed by atoms with Crippen molar-refractivity contribution >= 4 is 5.91 Å². The highest BCUT2D eigenvalue weighted by Gasteiger charge is 2.27. The first-order valence-corrected chi connectivity index (χ1v) is 6.02. The van der Waals surface area contributed by atoms with Gasteiger partial charge >= 0.3 is 0 Å². The molecule has 0 saturated carbocycles. The zero-order valence-corrected chi connectivity index (χ0v) is 10.0. The van der Waals surface area contributed by atoms with Crippen LogP contribution >= 0.6 is 0 Å². The second-order valence-electron chi connectivity index (χ2n) is 4.81. The molecule has 92 valence electrons. The van der Waals surface area contributed by atoms with Crippen molar-refractivity contribution in [3.8, 4) is 0 Å². The van der Waals surface area contributed by atoms with E-state index in [4.69, 9.17) is 4.74 Å². The lowest BCUT2D eigenvalue weighted by molar-refractivity contribution is -0.126. The molecule has 0 radical (unpaired) electrons. The van der Waals surface area contributed by atoms with Gasteiger partial charge < -0.3 is 15.4 Å². The first-order chi connectivity index (χ1) is 7.65. The summed E-state index contributed by atoms with van der Waals surface area (Å²) in [6.45, 7) is 8.10. The van der Waals surface area contributed by atoms with Gasteiger partial charge in [0.2, 0.25) is 5.91 Å². The molecular formula is C11H21N3O2. The zero-order valence-electron chi connectivity index (χ0n) is 10.0. The van der Waals surface area contributed by atoms with Crippen molar-refractivity contribution in [2.75, 3.05) is 32.7 Å². The normalized spacial score (nSPS) is 37.1. The van der Waals surface area contributed by atoms with Gasteiger partial charge in [-0.25, -0.2) is 0 Å². The Bertz CT molecular complexity index is 260. The van der Waals surface area contributed by atoms with E-state index in [2.05, 4.69) is 29.4 Å². The molecule has 5 nitrogen and oxygen atoms in total. The monoisotopic (exact) mass is 227 g/mol. The summed E-state index contributed by atoms with van der Waals surface area (Å²) >= 11 is 0. The standard InChI is InChI=1S/C11H21N3O2/c1-8-3-13-11(15)7-14(8)6-10-5-12-4-9(2)16-10/h8-10,12H,3-7H2,1-2H3,(H,13,15)/t8?,9-,10+/m1/s1. The Labute approximate surface area is 96.5 Å². The summed E-state index contributed by atoms with van der Waals surface area (Å²) in [6, 6.07) is 0.401. The first-order valence-electron chi connectivity index (χ1n) is 6.02. The number of rotatable bonds is 2. The Morgan fingerprint density at radius 2 is 2.19 bits per heavy atom. The van der Waals surface area contributed by atoms with Gasteiger partial charge in [-0.15, -0.1) is 0 Å². The lowest BCUT2D eigenvalue weighted by atomic mass is 10.1. The number of hydrogen-bond donors (Lipinski definition) is 2. The van der Waals surface area contributed by atoms with Crippen LogP contribution < -0.4 is 10.6 Å². The van der Waals surface area contributed by atoms with Gasteiger partial charge in [0.15, 0.2) is 0 Å². The highest BCUT2D eigenvalue weighted by Crippen LogP contribution is 2.09. The van der Waals surface area contributed by atoms with E-state index in [0.29, 0.717) is 12.6 Å². The summed E-state index contributed by atoms with van der Waals surface area (Å²) in [6.07, 6.45) is 0.477. The van der Waals surface area contributed by atoms with Gasteiger partial charge in [-0.1, -0.05) is 0 Å². The molecule has 0 aromatic rings. The Morgan fingerprint density at radius 3 is 2.94 bits per heavy atom. The van der Waals surface area contributed by atoms with E-state index >= 15 is 0 Å². The molecule has 1 unspecified atom stereocenters. The van der Waals surface area contributed by atoms with Crippen molar-refractivity contribution in [2.24, 2.45) is 0 Å². The van der Waals surface area contributed by atoms with Crippen molar-refractivity contribution < 1.29 is 9.53 Å². The van der Waals surface area contributed by atoms with Gasteiger partial charge in [-0.3, -0.25) is 9.69 Å². The quantitative estimate of drug-likeness (QED) is 0.647. The minimum atomic E-state index is 0.120. The van der Waals surface area contributed by atoms with Crippen LogP contribution in [-0.2, 0) is 9.53 Å². The number of ether oxygens (including phenoxy) is 1. The van der Waals surface area contributed by atoms with Gasteiger partial charge in [0, 0.05) is 32.2 Å². The number of nitrogens with zero attached hydrogens (tertiary/aromatic N) is 1. The number of nitrogens with one attached hydrogen (secondary N) is 2. The fourth-order valence-corrected chi connectivity index (χ4v) is 2.27. The van der Waals surface area contributed by atoms with Crippen LogP contribution in [0.4, 0.5) is 0 Å². The van der Waals surface area contributed by atoms with Crippen LogP contribution in [0.1, 0.15) is 13.8 Å². The highest BCUT2D eigenvalue weighted by atomic mass is 16.5. The van der Waals surface area contributed by atoms with Crippen LogP contribution in [0.5, 0.6) is 0 Å². The van der Waals surface area contributed by atoms with E-state index in [1.807, 2.05) is 0 Å². The molecule has 3 atom stereocenters. The highest BCUT2D eigenvalue weighted by molar-refractivity contribution is 5.78. The summed E-state index contributed by atoms with van der Waals surface area (Å²) in [5, 5.41) is 6.22. The number of amides is 1. The van der Waals surface area contributed by atoms with E-state index in [-0.39, 0.29) is 18.1 Å². The summed E-state index contributed by atoms with van der Waals surface area (Å²) in [5.41, 5.74) is 0. The van der Waals surface area contributed by atoms with Crippen molar-refractivity contribution in [2.45, 2.75) is 32.1 Å². The van der Waals surface area contributed by atoms with E-state index in [1.54, 1.807) is 0 Å². The van der Waals surface area contributed by atoms with Crippen LogP contribution in [0.15, 0.2) is 0 Å². The summed E-state index contributed by atoms with van der Waals surface area (Å²) in [5.74, 6) is 0.120. The SMILES string of the molecule is CC1CNC(=O)CN1C[C@@H]1CNC[C@@H](C)O1. The Kier molecular flexibility index (Phi) is 3.78. The van der Waals surface area contributed by atoms with Crippen molar-refractivity contribution in [1.82, 2.24) is 15.5 Å². The fraction of sp³-hybridized carbons (Fsp3) is 0.909. The molecular weight excluding hydrogens is 206 g/mol. The van der Waals surface area contributed by atoms with Crippen molar-refractivity contribution in [3.63, 3.8) is 0 Å². The van der Waals surface area contributed by atoms with E-state index in [0.717, 1.165) is 26.2 Å². The Hall–Kier alpha value is -0.650.